The third-order valence-electron chi connectivity index (χ3n) is 4.32. The topological polar surface area (TPSA) is 136 Å². The molecular formula is C19H21F2N5O4. The Balaban J connectivity index is 1.71. The molecule has 11 heteroatoms. The van der Waals surface area contributed by atoms with Crippen LogP contribution >= 0.6 is 0 Å². The summed E-state index contributed by atoms with van der Waals surface area (Å²) in [6.07, 6.45) is -1.11. The molecule has 0 unspecified atom stereocenters. The van der Waals surface area contributed by atoms with Crippen LogP contribution in [0.25, 0.3) is 11.1 Å². The van der Waals surface area contributed by atoms with E-state index in [4.69, 9.17) is 26.0 Å². The van der Waals surface area contributed by atoms with E-state index in [2.05, 4.69) is 9.98 Å². The number of carbonyl (C=O) groups is 1. The van der Waals surface area contributed by atoms with Crippen molar-refractivity contribution in [2.45, 2.75) is 12.7 Å². The number of pyridine rings is 1. The van der Waals surface area contributed by atoms with Gasteiger partial charge in [-0.15, -0.1) is 4.99 Å². The maximum atomic E-state index is 14.6. The van der Waals surface area contributed by atoms with E-state index in [1.807, 2.05) is 0 Å². The fourth-order valence-corrected chi connectivity index (χ4v) is 2.93. The third kappa shape index (κ3) is 5.19. The fourth-order valence-electron chi connectivity index (χ4n) is 2.93. The second kappa shape index (κ2) is 9.46. The summed E-state index contributed by atoms with van der Waals surface area (Å²) < 4.78 is 39.4. The van der Waals surface area contributed by atoms with E-state index in [1.54, 1.807) is 29.2 Å². The Hall–Kier alpha value is -3.31. The van der Waals surface area contributed by atoms with Gasteiger partial charge in [0.2, 0.25) is 5.95 Å². The number of ether oxygens (including phenoxy) is 2. The number of hydrogen-bond donors (Lipinski definition) is 3. The summed E-state index contributed by atoms with van der Waals surface area (Å²) in [7, 11) is 0. The first kappa shape index (κ1) is 21.4. The van der Waals surface area contributed by atoms with Crippen LogP contribution in [0, 0.1) is 11.8 Å². The maximum absolute atomic E-state index is 14.6. The van der Waals surface area contributed by atoms with E-state index in [9.17, 15) is 13.6 Å². The van der Waals surface area contributed by atoms with Crippen molar-refractivity contribution in [1.29, 1.82) is 0 Å². The van der Waals surface area contributed by atoms with E-state index >= 15 is 0 Å². The summed E-state index contributed by atoms with van der Waals surface area (Å²) >= 11 is 0. The normalized spacial score (nSPS) is 13.6. The summed E-state index contributed by atoms with van der Waals surface area (Å²) in [6.45, 7) is 0.666. The van der Waals surface area contributed by atoms with E-state index in [0.717, 1.165) is 6.07 Å². The van der Waals surface area contributed by atoms with Crippen LogP contribution in [0.4, 0.5) is 19.4 Å². The molecule has 1 aliphatic rings. The predicted octanol–water partition coefficient (Wildman–Crippen LogP) is 1.13. The number of rotatable bonds is 7. The lowest BCUT2D eigenvalue weighted by atomic mass is 10.0. The molecule has 9 nitrogen and oxygen atoms in total. The number of guanidine groups is 1. The average Bonchev–Trinajstić information content (AvgIpc) is 2.67. The van der Waals surface area contributed by atoms with Crippen molar-refractivity contribution in [3.8, 4) is 11.1 Å². The van der Waals surface area contributed by atoms with Crippen LogP contribution in [0.3, 0.4) is 0 Å². The van der Waals surface area contributed by atoms with Crippen molar-refractivity contribution in [2.24, 2.45) is 16.5 Å². The first-order chi connectivity index (χ1) is 14.4. The Morgan fingerprint density at radius 2 is 2.07 bits per heavy atom. The van der Waals surface area contributed by atoms with Crippen LogP contribution in [0.1, 0.15) is 5.56 Å². The molecule has 1 aliphatic heterocycles. The number of nitrogens with zero attached hydrogens (tertiary/aromatic N) is 3. The van der Waals surface area contributed by atoms with Crippen molar-refractivity contribution in [3.63, 3.8) is 0 Å². The number of aromatic nitrogens is 1. The molecule has 0 bridgehead atoms. The van der Waals surface area contributed by atoms with Gasteiger partial charge in [-0.2, -0.15) is 9.37 Å². The van der Waals surface area contributed by atoms with E-state index < -0.39 is 23.8 Å². The number of aliphatic hydroxyl groups is 1. The molecule has 0 atom stereocenters. The molecule has 3 rings (SSSR count). The quantitative estimate of drug-likeness (QED) is 0.344. The van der Waals surface area contributed by atoms with Crippen molar-refractivity contribution in [2.75, 3.05) is 31.2 Å². The second-order valence-corrected chi connectivity index (χ2v) is 6.55. The molecule has 2 aromatic rings. The third-order valence-corrected chi connectivity index (χ3v) is 4.32. The van der Waals surface area contributed by atoms with Crippen molar-refractivity contribution in [1.82, 2.24) is 4.98 Å². The number of hydrogen-bond acceptors (Lipinski definition) is 6. The van der Waals surface area contributed by atoms with Crippen molar-refractivity contribution >= 4 is 17.9 Å². The molecule has 0 radical (unpaired) electrons. The predicted molar refractivity (Wildman–Crippen MR) is 105 cm³/mol. The molecule has 2 heterocycles. The average molecular weight is 421 g/mol. The molecule has 0 saturated carbocycles. The van der Waals surface area contributed by atoms with Gasteiger partial charge in [-0.3, -0.25) is 0 Å². The molecule has 1 saturated heterocycles. The monoisotopic (exact) mass is 421 g/mol. The highest BCUT2D eigenvalue weighted by Gasteiger charge is 2.31. The van der Waals surface area contributed by atoms with Crippen LogP contribution < -0.4 is 16.4 Å². The van der Waals surface area contributed by atoms with E-state index in [-0.39, 0.29) is 37.3 Å². The minimum absolute atomic E-state index is 0.0257. The Labute approximate surface area is 170 Å². The molecule has 0 spiro atoms. The van der Waals surface area contributed by atoms with Crippen LogP contribution in [0.2, 0.25) is 0 Å². The lowest BCUT2D eigenvalue weighted by Crippen LogP contribution is -2.53. The SMILES string of the molecule is NC(N)=NC(=O)OCc1cccc(-c2cc(F)c(N3CC(OCCO)C3)nc2F)c1. The number of amides is 1. The molecule has 1 aromatic heterocycles. The van der Waals surface area contributed by atoms with Crippen LogP contribution in [0.5, 0.6) is 0 Å². The molecule has 30 heavy (non-hydrogen) atoms. The molecule has 0 aliphatic carbocycles. The number of halogens is 2. The number of aliphatic hydroxyl groups excluding tert-OH is 1. The highest BCUT2D eigenvalue weighted by molar-refractivity contribution is 5.87. The Morgan fingerprint density at radius 1 is 1.30 bits per heavy atom. The number of aliphatic imine (C=N–C) groups is 1. The zero-order chi connectivity index (χ0) is 21.7. The van der Waals surface area contributed by atoms with Crippen LogP contribution in [-0.4, -0.2) is 54.6 Å². The van der Waals surface area contributed by atoms with Crippen molar-refractivity contribution < 1.29 is 28.2 Å². The highest BCUT2D eigenvalue weighted by atomic mass is 19.1. The van der Waals surface area contributed by atoms with Gasteiger partial charge in [0, 0.05) is 18.7 Å². The fraction of sp³-hybridized carbons (Fsp3) is 0.316. The van der Waals surface area contributed by atoms with Gasteiger partial charge in [0.15, 0.2) is 17.6 Å². The van der Waals surface area contributed by atoms with Gasteiger partial charge in [0.25, 0.3) is 0 Å². The van der Waals surface area contributed by atoms with E-state index in [1.165, 1.54) is 0 Å². The Morgan fingerprint density at radius 3 is 2.77 bits per heavy atom. The summed E-state index contributed by atoms with van der Waals surface area (Å²) in [6, 6.07) is 7.47. The molecule has 1 fully saturated rings. The number of anilines is 1. The van der Waals surface area contributed by atoms with Gasteiger partial charge in [-0.05, 0) is 23.3 Å². The summed E-state index contributed by atoms with van der Waals surface area (Å²) in [5.41, 5.74) is 11.1. The first-order valence-electron chi connectivity index (χ1n) is 9.06. The number of benzene rings is 1. The minimum atomic E-state index is -0.959. The largest absolute Gasteiger partial charge is 0.443 e. The van der Waals surface area contributed by atoms with E-state index in [0.29, 0.717) is 24.2 Å². The minimum Gasteiger partial charge on any atom is -0.443 e. The van der Waals surface area contributed by atoms with Gasteiger partial charge in [-0.25, -0.2) is 9.18 Å². The van der Waals surface area contributed by atoms with Gasteiger partial charge < -0.3 is 30.9 Å². The van der Waals surface area contributed by atoms with Gasteiger partial charge in [0.1, 0.15) is 6.61 Å². The number of carbonyl (C=O) groups excluding carboxylic acids is 1. The maximum Gasteiger partial charge on any atom is 0.437 e. The second-order valence-electron chi connectivity index (χ2n) is 6.55. The van der Waals surface area contributed by atoms with Gasteiger partial charge in [-0.1, -0.05) is 18.2 Å². The molecule has 1 amide bonds. The van der Waals surface area contributed by atoms with Crippen LogP contribution in [0.15, 0.2) is 35.3 Å². The standard InChI is InChI=1S/C19H21F2N5O4/c20-15-7-14(16(21)24-17(15)26-8-13(9-26)29-5-4-27)12-3-1-2-11(6-12)10-30-19(28)25-18(22)23/h1-3,6-7,13,27H,4-5,8-10H2,(H4,22,23,25,28). The van der Waals surface area contributed by atoms with Crippen LogP contribution in [-0.2, 0) is 16.1 Å². The molecule has 5 N–H and O–H groups in total. The molecular weight excluding hydrogens is 400 g/mol. The summed E-state index contributed by atoms with van der Waals surface area (Å²) in [4.78, 5) is 19.9. The Kier molecular flexibility index (Phi) is 6.75. The first-order valence-corrected chi connectivity index (χ1v) is 9.06. The van der Waals surface area contributed by atoms with Crippen molar-refractivity contribution in [3.05, 3.63) is 47.7 Å². The molecule has 1 aromatic carbocycles. The Bertz CT molecular complexity index is 947. The number of nitrogens with two attached hydrogens (primary N) is 2. The lowest BCUT2D eigenvalue weighted by Gasteiger charge is -2.39. The van der Waals surface area contributed by atoms with Gasteiger partial charge in [0.05, 0.1) is 19.3 Å². The lowest BCUT2D eigenvalue weighted by molar-refractivity contribution is 0.0130. The zero-order valence-electron chi connectivity index (χ0n) is 15.9. The molecule has 160 valence electrons. The smallest absolute Gasteiger partial charge is 0.437 e. The summed E-state index contributed by atoms with van der Waals surface area (Å²) in [5, 5.41) is 8.75. The highest BCUT2D eigenvalue weighted by Crippen LogP contribution is 2.30. The summed E-state index contributed by atoms with van der Waals surface area (Å²) in [5.74, 6) is -2.02. The zero-order valence-corrected chi connectivity index (χ0v) is 15.9. The van der Waals surface area contributed by atoms with Gasteiger partial charge >= 0.3 is 6.09 Å².